The fourth-order valence-electron chi connectivity index (χ4n) is 14.7. The topological polar surface area (TPSA) is 25.8 Å². The van der Waals surface area contributed by atoms with Crippen molar-refractivity contribution in [3.05, 3.63) is 230 Å². The van der Waals surface area contributed by atoms with Gasteiger partial charge in [-0.05, 0) is 168 Å². The van der Waals surface area contributed by atoms with Crippen LogP contribution in [0.5, 0.6) is 0 Å². The molecule has 16 rings (SSSR count). The second kappa shape index (κ2) is 15.5. The molecule has 0 aliphatic heterocycles. The van der Waals surface area contributed by atoms with Crippen LogP contribution in [-0.4, -0.2) is 9.97 Å². The van der Waals surface area contributed by atoms with Gasteiger partial charge in [0.2, 0.25) is 0 Å². The van der Waals surface area contributed by atoms with E-state index in [1.165, 1.54) is 103 Å². The van der Waals surface area contributed by atoms with Crippen LogP contribution < -0.4 is 0 Å². The lowest BCUT2D eigenvalue weighted by molar-refractivity contribution is -0.0398. The monoisotopic (exact) mass is 894 g/mol. The first-order chi connectivity index (χ1) is 34.7. The van der Waals surface area contributed by atoms with Crippen LogP contribution in [0, 0.1) is 23.7 Å². The maximum absolute atomic E-state index is 5.49. The van der Waals surface area contributed by atoms with E-state index in [1.807, 2.05) is 0 Å². The minimum Gasteiger partial charge on any atom is -0.228 e. The summed E-state index contributed by atoms with van der Waals surface area (Å²) in [7, 11) is 0. The summed E-state index contributed by atoms with van der Waals surface area (Å²) in [6.07, 6.45) is 6.91. The molecule has 5 aliphatic carbocycles. The van der Waals surface area contributed by atoms with Crippen molar-refractivity contribution < 1.29 is 0 Å². The van der Waals surface area contributed by atoms with Gasteiger partial charge in [-0.3, -0.25) is 0 Å². The van der Waals surface area contributed by atoms with Gasteiger partial charge < -0.3 is 0 Å². The van der Waals surface area contributed by atoms with Gasteiger partial charge in [-0.2, -0.15) is 0 Å². The summed E-state index contributed by atoms with van der Waals surface area (Å²) >= 11 is 0. The van der Waals surface area contributed by atoms with Gasteiger partial charge in [0.05, 0.1) is 11.4 Å². The van der Waals surface area contributed by atoms with E-state index in [0.29, 0.717) is 17.7 Å². The minimum absolute atomic E-state index is 0.0615. The quantitative estimate of drug-likeness (QED) is 0.155. The molecular formula is C68H50N2. The van der Waals surface area contributed by atoms with Crippen LogP contribution in [-0.2, 0) is 5.41 Å². The zero-order chi connectivity index (χ0) is 45.9. The summed E-state index contributed by atoms with van der Waals surface area (Å²) in [6, 6.07) is 81.0. The third kappa shape index (κ3) is 5.92. The molecule has 0 saturated heterocycles. The Bertz CT molecular complexity index is 3820. The van der Waals surface area contributed by atoms with E-state index in [1.54, 1.807) is 11.1 Å². The third-order valence-electron chi connectivity index (χ3n) is 17.2. The summed E-state index contributed by atoms with van der Waals surface area (Å²) in [6.45, 7) is 0. The van der Waals surface area contributed by atoms with Crippen molar-refractivity contribution in [1.82, 2.24) is 9.97 Å². The van der Waals surface area contributed by atoms with Crippen molar-refractivity contribution in [2.24, 2.45) is 23.7 Å². The maximum Gasteiger partial charge on any atom is 0.160 e. The van der Waals surface area contributed by atoms with Crippen LogP contribution in [0.3, 0.4) is 0 Å². The lowest BCUT2D eigenvalue weighted by atomic mass is 9.43. The van der Waals surface area contributed by atoms with E-state index in [-0.39, 0.29) is 5.41 Å². The highest BCUT2D eigenvalue weighted by Gasteiger charge is 2.62. The van der Waals surface area contributed by atoms with E-state index in [2.05, 4.69) is 218 Å². The Morgan fingerprint density at radius 3 is 1.51 bits per heavy atom. The molecule has 4 bridgehead atoms. The number of aromatic nitrogens is 2. The SMILES string of the molecule is c1ccc(-c2cccc(-c3cc(-c4c5ccccc5c(-c5ccccc5-c5cccc6c5-c5cc7ccccc7cc5C65C6CC7CC(C6)CC5C7)c5ccccc45)nc(-c4ccccc4)n3)c2)cc1. The summed E-state index contributed by atoms with van der Waals surface area (Å²) in [5.74, 6) is 3.86. The normalized spacial score (nSPS) is 20.6. The second-order valence-corrected chi connectivity index (χ2v) is 20.8. The second-order valence-electron chi connectivity index (χ2n) is 20.8. The third-order valence-corrected chi connectivity index (χ3v) is 17.2. The van der Waals surface area contributed by atoms with E-state index in [0.717, 1.165) is 45.5 Å². The van der Waals surface area contributed by atoms with Crippen LogP contribution in [0.2, 0.25) is 0 Å². The molecule has 1 aromatic heterocycles. The predicted molar refractivity (Wildman–Crippen MR) is 290 cm³/mol. The Balaban J connectivity index is 0.963. The molecule has 4 saturated carbocycles. The molecule has 0 unspecified atom stereocenters. The number of hydrogen-bond donors (Lipinski definition) is 0. The molecule has 0 amide bonds. The molecule has 11 aromatic rings. The number of fused-ring (bicyclic) bond motifs is 6. The standard InChI is InChI=1S/C68H50N2/c1-3-17-44(18-4-1)46-23-15-24-49(38-46)62-41-63(70-67(69-62)45-19-5-2-6-20-45)66-57-29-13-11-27-55(57)64(56-28-12-14-30-58(56)66)53-26-10-9-25-52(53)54-31-16-32-60-65(54)59-39-47-21-7-8-22-48(47)40-61(59)68(60)50-34-42-33-43(36-50)37-51(68)35-42/h1-32,38-43,50-51H,33-37H2. The van der Waals surface area contributed by atoms with Crippen molar-refractivity contribution in [1.29, 1.82) is 0 Å². The van der Waals surface area contributed by atoms with Gasteiger partial charge in [-0.15, -0.1) is 0 Å². The Labute approximate surface area is 409 Å². The zero-order valence-electron chi connectivity index (χ0n) is 39.0. The van der Waals surface area contributed by atoms with Crippen LogP contribution >= 0.6 is 0 Å². The molecule has 332 valence electrons. The smallest absolute Gasteiger partial charge is 0.160 e. The highest BCUT2D eigenvalue weighted by Crippen LogP contribution is 2.70. The summed E-state index contributed by atoms with van der Waals surface area (Å²) in [4.78, 5) is 10.8. The summed E-state index contributed by atoms with van der Waals surface area (Å²) in [5.41, 5.74) is 18.6. The predicted octanol–water partition coefficient (Wildman–Crippen LogP) is 17.7. The molecule has 5 aliphatic rings. The van der Waals surface area contributed by atoms with Gasteiger partial charge in [0.25, 0.3) is 0 Å². The first-order valence-electron chi connectivity index (χ1n) is 25.5. The Hall–Kier alpha value is -7.94. The molecule has 0 atom stereocenters. The van der Waals surface area contributed by atoms with Gasteiger partial charge in [0.15, 0.2) is 5.82 Å². The fourth-order valence-corrected chi connectivity index (χ4v) is 14.7. The van der Waals surface area contributed by atoms with Gasteiger partial charge in [-0.1, -0.05) is 194 Å². The van der Waals surface area contributed by atoms with Crippen LogP contribution in [0.15, 0.2) is 218 Å². The van der Waals surface area contributed by atoms with Gasteiger partial charge >= 0.3 is 0 Å². The van der Waals surface area contributed by atoms with E-state index < -0.39 is 0 Å². The van der Waals surface area contributed by atoms with E-state index >= 15 is 0 Å². The first kappa shape index (κ1) is 40.0. The molecule has 4 fully saturated rings. The first-order valence-corrected chi connectivity index (χ1v) is 25.5. The van der Waals surface area contributed by atoms with Crippen molar-refractivity contribution in [3.8, 4) is 78.4 Å². The van der Waals surface area contributed by atoms with Crippen LogP contribution in [0.4, 0.5) is 0 Å². The van der Waals surface area contributed by atoms with Gasteiger partial charge in [0.1, 0.15) is 0 Å². The van der Waals surface area contributed by atoms with Gasteiger partial charge in [0, 0.05) is 22.1 Å². The Morgan fingerprint density at radius 2 is 0.829 bits per heavy atom. The van der Waals surface area contributed by atoms with Crippen molar-refractivity contribution in [2.45, 2.75) is 37.5 Å². The molecule has 0 radical (unpaired) electrons. The van der Waals surface area contributed by atoms with Crippen molar-refractivity contribution in [3.63, 3.8) is 0 Å². The van der Waals surface area contributed by atoms with E-state index in [9.17, 15) is 0 Å². The highest BCUT2D eigenvalue weighted by atomic mass is 14.9. The molecular weight excluding hydrogens is 845 g/mol. The molecule has 1 spiro atoms. The maximum atomic E-state index is 5.49. The van der Waals surface area contributed by atoms with Crippen molar-refractivity contribution >= 4 is 32.3 Å². The number of nitrogens with zero attached hydrogens (tertiary/aromatic N) is 2. The molecule has 2 heteroatoms. The van der Waals surface area contributed by atoms with Gasteiger partial charge in [-0.25, -0.2) is 9.97 Å². The molecule has 0 N–H and O–H groups in total. The largest absolute Gasteiger partial charge is 0.228 e. The molecule has 70 heavy (non-hydrogen) atoms. The average Bonchev–Trinajstić information content (AvgIpc) is 3.71. The number of hydrogen-bond acceptors (Lipinski definition) is 2. The minimum atomic E-state index is 0.0615. The van der Waals surface area contributed by atoms with E-state index in [4.69, 9.17) is 9.97 Å². The van der Waals surface area contributed by atoms with Crippen molar-refractivity contribution in [2.75, 3.05) is 0 Å². The summed E-state index contributed by atoms with van der Waals surface area (Å²) < 4.78 is 0. The Morgan fingerprint density at radius 1 is 0.314 bits per heavy atom. The fraction of sp³-hybridized carbons (Fsp3) is 0.147. The molecule has 1 heterocycles. The lowest BCUT2D eigenvalue weighted by Crippen LogP contribution is -2.55. The lowest BCUT2D eigenvalue weighted by Gasteiger charge is -2.61. The average molecular weight is 895 g/mol. The van der Waals surface area contributed by atoms with Crippen LogP contribution in [0.25, 0.3) is 111 Å². The molecule has 10 aromatic carbocycles. The Kier molecular flexibility index (Phi) is 8.88. The number of rotatable bonds is 6. The van der Waals surface area contributed by atoms with Crippen LogP contribution in [0.1, 0.15) is 43.2 Å². The zero-order valence-corrected chi connectivity index (χ0v) is 39.0. The molecule has 2 nitrogen and oxygen atoms in total. The highest BCUT2D eigenvalue weighted by molar-refractivity contribution is 6.22. The number of benzene rings is 10. The summed E-state index contributed by atoms with van der Waals surface area (Å²) in [5, 5.41) is 7.48.